The van der Waals surface area contributed by atoms with E-state index in [0.717, 1.165) is 11.3 Å². The Labute approximate surface area is 103 Å². The third-order valence-electron chi connectivity index (χ3n) is 2.53. The molecule has 0 saturated heterocycles. The molecule has 0 spiro atoms. The lowest BCUT2D eigenvalue weighted by molar-refractivity contribution is -0.0498. The first kappa shape index (κ1) is 12.6. The normalized spacial score (nSPS) is 12.7. The van der Waals surface area contributed by atoms with E-state index >= 15 is 0 Å². The zero-order valence-corrected chi connectivity index (χ0v) is 9.55. The van der Waals surface area contributed by atoms with Crippen molar-refractivity contribution in [1.29, 1.82) is 0 Å². The first-order valence-electron chi connectivity index (χ1n) is 5.48. The standard InChI is InChI=1S/C13H13F2NO2/c14-13(15)18-10-5-3-9(4-6-10)12(16)8-11-2-1-7-17-11/h1-7,12-13H,8,16H2. The number of hydrogen-bond donors (Lipinski definition) is 1. The first-order chi connectivity index (χ1) is 8.65. The smallest absolute Gasteiger partial charge is 0.387 e. The van der Waals surface area contributed by atoms with Crippen molar-refractivity contribution in [2.45, 2.75) is 19.1 Å². The van der Waals surface area contributed by atoms with Gasteiger partial charge in [-0.1, -0.05) is 12.1 Å². The summed E-state index contributed by atoms with van der Waals surface area (Å²) in [5, 5.41) is 0. The van der Waals surface area contributed by atoms with E-state index in [1.54, 1.807) is 24.5 Å². The predicted octanol–water partition coefficient (Wildman–Crippen LogP) is 3.12. The third kappa shape index (κ3) is 3.30. The molecule has 2 N–H and O–H groups in total. The highest BCUT2D eigenvalue weighted by atomic mass is 19.3. The van der Waals surface area contributed by atoms with Gasteiger partial charge >= 0.3 is 6.61 Å². The van der Waals surface area contributed by atoms with E-state index in [1.165, 1.54) is 12.1 Å². The molecule has 1 aromatic heterocycles. The minimum absolute atomic E-state index is 0.124. The van der Waals surface area contributed by atoms with Crippen LogP contribution in [0.1, 0.15) is 17.4 Å². The van der Waals surface area contributed by atoms with Crippen molar-refractivity contribution in [3.8, 4) is 5.75 Å². The summed E-state index contributed by atoms with van der Waals surface area (Å²) in [4.78, 5) is 0. The molecule has 0 fully saturated rings. The van der Waals surface area contributed by atoms with E-state index in [9.17, 15) is 8.78 Å². The van der Waals surface area contributed by atoms with Gasteiger partial charge in [-0.2, -0.15) is 8.78 Å². The van der Waals surface area contributed by atoms with Gasteiger partial charge in [-0.25, -0.2) is 0 Å². The summed E-state index contributed by atoms with van der Waals surface area (Å²) >= 11 is 0. The van der Waals surface area contributed by atoms with Crippen LogP contribution in [0.3, 0.4) is 0 Å². The van der Waals surface area contributed by atoms with Crippen LogP contribution in [-0.2, 0) is 6.42 Å². The molecule has 18 heavy (non-hydrogen) atoms. The van der Waals surface area contributed by atoms with Gasteiger partial charge in [0.05, 0.1) is 6.26 Å². The highest BCUT2D eigenvalue weighted by Crippen LogP contribution is 2.20. The molecule has 0 radical (unpaired) electrons. The van der Waals surface area contributed by atoms with Crippen LogP contribution < -0.4 is 10.5 Å². The summed E-state index contributed by atoms with van der Waals surface area (Å²) in [7, 11) is 0. The number of nitrogens with two attached hydrogens (primary N) is 1. The molecule has 5 heteroatoms. The maximum Gasteiger partial charge on any atom is 0.387 e. The zero-order valence-electron chi connectivity index (χ0n) is 9.55. The lowest BCUT2D eigenvalue weighted by atomic mass is 10.0. The lowest BCUT2D eigenvalue weighted by Crippen LogP contribution is -2.13. The first-order valence-corrected chi connectivity index (χ1v) is 5.48. The molecule has 1 aromatic carbocycles. The van der Waals surface area contributed by atoms with Crippen molar-refractivity contribution in [3.05, 3.63) is 54.0 Å². The van der Waals surface area contributed by atoms with Crippen LogP contribution in [-0.4, -0.2) is 6.61 Å². The summed E-state index contributed by atoms with van der Waals surface area (Å²) in [6.07, 6.45) is 2.14. The second-order valence-electron chi connectivity index (χ2n) is 3.84. The summed E-state index contributed by atoms with van der Waals surface area (Å²) in [6.45, 7) is -2.81. The molecule has 2 rings (SSSR count). The molecular formula is C13H13F2NO2. The van der Waals surface area contributed by atoms with Crippen molar-refractivity contribution in [1.82, 2.24) is 0 Å². The average Bonchev–Trinajstić information content (AvgIpc) is 2.82. The number of benzene rings is 1. The largest absolute Gasteiger partial charge is 0.469 e. The summed E-state index contributed by atoms with van der Waals surface area (Å²) in [5.41, 5.74) is 6.83. The molecule has 1 atom stereocenters. The predicted molar refractivity (Wildman–Crippen MR) is 62.4 cm³/mol. The van der Waals surface area contributed by atoms with Crippen molar-refractivity contribution < 1.29 is 17.9 Å². The van der Waals surface area contributed by atoms with E-state index in [0.29, 0.717) is 6.42 Å². The van der Waals surface area contributed by atoms with E-state index in [2.05, 4.69) is 4.74 Å². The van der Waals surface area contributed by atoms with Crippen LogP contribution >= 0.6 is 0 Å². The number of rotatable bonds is 5. The molecule has 1 heterocycles. The lowest BCUT2D eigenvalue weighted by Gasteiger charge is -2.11. The highest BCUT2D eigenvalue weighted by Gasteiger charge is 2.10. The third-order valence-corrected chi connectivity index (χ3v) is 2.53. The van der Waals surface area contributed by atoms with Crippen molar-refractivity contribution >= 4 is 0 Å². The molecule has 2 aromatic rings. The maximum absolute atomic E-state index is 12.0. The summed E-state index contributed by atoms with van der Waals surface area (Å²) < 4.78 is 33.4. The molecule has 3 nitrogen and oxygen atoms in total. The van der Waals surface area contributed by atoms with Gasteiger partial charge < -0.3 is 14.9 Å². The van der Waals surface area contributed by atoms with Crippen LogP contribution in [0.4, 0.5) is 8.78 Å². The minimum Gasteiger partial charge on any atom is -0.469 e. The van der Waals surface area contributed by atoms with Gasteiger partial charge in [0.25, 0.3) is 0 Å². The van der Waals surface area contributed by atoms with Crippen LogP contribution in [0.2, 0.25) is 0 Å². The number of furan rings is 1. The molecule has 1 unspecified atom stereocenters. The Balaban J connectivity index is 2.00. The Bertz CT molecular complexity index is 468. The number of halogens is 2. The van der Waals surface area contributed by atoms with Gasteiger partial charge in [0.2, 0.25) is 0 Å². The quantitative estimate of drug-likeness (QED) is 0.890. The van der Waals surface area contributed by atoms with Crippen LogP contribution in [0.15, 0.2) is 47.1 Å². The maximum atomic E-state index is 12.0. The fraction of sp³-hybridized carbons (Fsp3) is 0.231. The zero-order chi connectivity index (χ0) is 13.0. The highest BCUT2D eigenvalue weighted by molar-refractivity contribution is 5.29. The number of alkyl halides is 2. The van der Waals surface area contributed by atoms with E-state index in [4.69, 9.17) is 10.2 Å². The van der Waals surface area contributed by atoms with Crippen LogP contribution in [0.5, 0.6) is 5.75 Å². The van der Waals surface area contributed by atoms with Gasteiger partial charge in [-0.05, 0) is 29.8 Å². The Hall–Kier alpha value is -1.88. The second-order valence-corrected chi connectivity index (χ2v) is 3.84. The Morgan fingerprint density at radius 1 is 1.17 bits per heavy atom. The molecule has 0 bridgehead atoms. The summed E-state index contributed by atoms with van der Waals surface area (Å²) in [5.74, 6) is 0.911. The van der Waals surface area contributed by atoms with Crippen molar-refractivity contribution in [3.63, 3.8) is 0 Å². The monoisotopic (exact) mass is 253 g/mol. The van der Waals surface area contributed by atoms with E-state index < -0.39 is 6.61 Å². The molecule has 0 aliphatic carbocycles. The molecule has 0 aliphatic rings. The molecule has 0 aliphatic heterocycles. The van der Waals surface area contributed by atoms with Crippen molar-refractivity contribution in [2.24, 2.45) is 5.73 Å². The second kappa shape index (κ2) is 5.64. The molecule has 0 amide bonds. The van der Waals surface area contributed by atoms with Gasteiger partial charge in [-0.15, -0.1) is 0 Å². The van der Waals surface area contributed by atoms with Gasteiger partial charge in [0.15, 0.2) is 0 Å². The topological polar surface area (TPSA) is 48.4 Å². The molecule has 96 valence electrons. The van der Waals surface area contributed by atoms with E-state index in [-0.39, 0.29) is 11.8 Å². The molecule has 0 saturated carbocycles. The van der Waals surface area contributed by atoms with Gasteiger partial charge in [0.1, 0.15) is 11.5 Å². The Kier molecular flexibility index (Phi) is 3.94. The minimum atomic E-state index is -2.81. The van der Waals surface area contributed by atoms with Crippen LogP contribution in [0.25, 0.3) is 0 Å². The number of ether oxygens (including phenoxy) is 1. The SMILES string of the molecule is NC(Cc1ccco1)c1ccc(OC(F)F)cc1. The van der Waals surface area contributed by atoms with Gasteiger partial charge in [0, 0.05) is 12.5 Å². The van der Waals surface area contributed by atoms with Crippen molar-refractivity contribution in [2.75, 3.05) is 0 Å². The average molecular weight is 253 g/mol. The Morgan fingerprint density at radius 3 is 2.44 bits per heavy atom. The molecular weight excluding hydrogens is 240 g/mol. The van der Waals surface area contributed by atoms with Crippen LogP contribution in [0, 0.1) is 0 Å². The fourth-order valence-corrected chi connectivity index (χ4v) is 1.66. The summed E-state index contributed by atoms with van der Waals surface area (Å²) in [6, 6.07) is 9.69. The van der Waals surface area contributed by atoms with Gasteiger partial charge in [-0.3, -0.25) is 0 Å². The fourth-order valence-electron chi connectivity index (χ4n) is 1.66. The van der Waals surface area contributed by atoms with E-state index in [1.807, 2.05) is 6.07 Å². The number of hydrogen-bond acceptors (Lipinski definition) is 3. The Morgan fingerprint density at radius 2 is 1.89 bits per heavy atom.